The van der Waals surface area contributed by atoms with Crippen LogP contribution in [0.15, 0.2) is 42.5 Å². The molecule has 29 heavy (non-hydrogen) atoms. The summed E-state index contributed by atoms with van der Waals surface area (Å²) in [6, 6.07) is 13.8. The molecular weight excluding hydrogens is 360 g/mol. The van der Waals surface area contributed by atoms with Crippen LogP contribution in [-0.2, 0) is 22.6 Å². The van der Waals surface area contributed by atoms with Crippen LogP contribution in [0.2, 0.25) is 0 Å². The molecule has 1 N–H and O–H groups in total. The molecule has 0 spiro atoms. The topological polar surface area (TPSA) is 49.4 Å². The number of unbranched alkanes of at least 4 members (excludes halogenated alkanes) is 1. The van der Waals surface area contributed by atoms with Crippen LogP contribution in [0.25, 0.3) is 0 Å². The lowest BCUT2D eigenvalue weighted by molar-refractivity contribution is -0.140. The smallest absolute Gasteiger partial charge is 0.242 e. The van der Waals surface area contributed by atoms with Crippen LogP contribution < -0.4 is 5.32 Å². The summed E-state index contributed by atoms with van der Waals surface area (Å²) >= 11 is 0. The molecule has 4 heteroatoms. The van der Waals surface area contributed by atoms with E-state index in [1.54, 1.807) is 4.90 Å². The number of carbonyl (C=O) groups is 2. The number of nitrogens with zero attached hydrogens (tertiary/aromatic N) is 1. The number of hydrogen-bond acceptors (Lipinski definition) is 2. The lowest BCUT2D eigenvalue weighted by atomic mass is 10.0. The third-order valence-corrected chi connectivity index (χ3v) is 5.11. The molecule has 2 amide bonds. The van der Waals surface area contributed by atoms with E-state index >= 15 is 0 Å². The van der Waals surface area contributed by atoms with Gasteiger partial charge in [-0.15, -0.1) is 0 Å². The first kappa shape index (κ1) is 22.7. The lowest BCUT2D eigenvalue weighted by Gasteiger charge is -2.29. The summed E-state index contributed by atoms with van der Waals surface area (Å²) in [6.07, 6.45) is 2.25. The predicted octanol–water partition coefficient (Wildman–Crippen LogP) is 4.49. The fourth-order valence-corrected chi connectivity index (χ4v) is 3.46. The summed E-state index contributed by atoms with van der Waals surface area (Å²) in [5, 5.41) is 2.96. The molecule has 0 saturated carbocycles. The van der Waals surface area contributed by atoms with Gasteiger partial charge < -0.3 is 10.2 Å². The second-order valence-electron chi connectivity index (χ2n) is 8.00. The molecule has 0 aliphatic heterocycles. The molecule has 0 heterocycles. The SMILES string of the molecule is CCCCNC(=O)C(C)N(Cc1ccc(C)cc1)C(=O)Cc1cc(C)cc(C)c1. The van der Waals surface area contributed by atoms with E-state index in [-0.39, 0.29) is 11.8 Å². The summed E-state index contributed by atoms with van der Waals surface area (Å²) in [7, 11) is 0. The van der Waals surface area contributed by atoms with Crippen LogP contribution in [0, 0.1) is 20.8 Å². The average molecular weight is 395 g/mol. The van der Waals surface area contributed by atoms with Gasteiger partial charge in [0.05, 0.1) is 6.42 Å². The molecule has 4 nitrogen and oxygen atoms in total. The van der Waals surface area contributed by atoms with E-state index in [0.717, 1.165) is 35.1 Å². The molecule has 2 aromatic rings. The predicted molar refractivity (Wildman–Crippen MR) is 119 cm³/mol. The number of rotatable bonds is 9. The van der Waals surface area contributed by atoms with E-state index in [2.05, 4.69) is 18.3 Å². The zero-order chi connectivity index (χ0) is 21.4. The Hall–Kier alpha value is -2.62. The van der Waals surface area contributed by atoms with Gasteiger partial charge in [-0.25, -0.2) is 0 Å². The van der Waals surface area contributed by atoms with E-state index in [1.165, 1.54) is 5.56 Å². The van der Waals surface area contributed by atoms with Crippen LogP contribution in [0.4, 0.5) is 0 Å². The van der Waals surface area contributed by atoms with Gasteiger partial charge in [0.2, 0.25) is 11.8 Å². The van der Waals surface area contributed by atoms with Crippen LogP contribution in [-0.4, -0.2) is 29.3 Å². The summed E-state index contributed by atoms with van der Waals surface area (Å²) in [4.78, 5) is 27.6. The van der Waals surface area contributed by atoms with Gasteiger partial charge in [-0.3, -0.25) is 9.59 Å². The first-order valence-corrected chi connectivity index (χ1v) is 10.5. The van der Waals surface area contributed by atoms with Crippen molar-refractivity contribution in [1.29, 1.82) is 0 Å². The molecule has 0 aliphatic carbocycles. The van der Waals surface area contributed by atoms with Crippen LogP contribution in [0.3, 0.4) is 0 Å². The van der Waals surface area contributed by atoms with E-state index in [1.807, 2.05) is 64.1 Å². The number of aryl methyl sites for hydroxylation is 3. The molecule has 0 fully saturated rings. The summed E-state index contributed by atoms with van der Waals surface area (Å²) in [5.74, 6) is -0.131. The highest BCUT2D eigenvalue weighted by molar-refractivity contribution is 5.88. The average Bonchev–Trinajstić information content (AvgIpc) is 2.66. The van der Waals surface area contributed by atoms with Crippen molar-refractivity contribution < 1.29 is 9.59 Å². The van der Waals surface area contributed by atoms with Gasteiger partial charge in [-0.05, 0) is 45.2 Å². The molecule has 156 valence electrons. The fourth-order valence-electron chi connectivity index (χ4n) is 3.46. The van der Waals surface area contributed by atoms with Gasteiger partial charge in [0.1, 0.15) is 6.04 Å². The second-order valence-corrected chi connectivity index (χ2v) is 8.00. The molecule has 0 bridgehead atoms. The fraction of sp³-hybridized carbons (Fsp3) is 0.440. The van der Waals surface area contributed by atoms with Gasteiger partial charge in [-0.2, -0.15) is 0 Å². The Kier molecular flexibility index (Phi) is 8.44. The third kappa shape index (κ3) is 7.04. The van der Waals surface area contributed by atoms with E-state index < -0.39 is 6.04 Å². The maximum atomic E-state index is 13.2. The van der Waals surface area contributed by atoms with E-state index in [4.69, 9.17) is 0 Å². The number of hydrogen-bond donors (Lipinski definition) is 1. The largest absolute Gasteiger partial charge is 0.354 e. The Balaban J connectivity index is 2.20. The molecule has 0 aromatic heterocycles. The minimum absolute atomic E-state index is 0.0336. The Bertz CT molecular complexity index is 807. The van der Waals surface area contributed by atoms with Crippen molar-refractivity contribution in [1.82, 2.24) is 10.2 Å². The molecule has 0 radical (unpaired) electrons. The van der Waals surface area contributed by atoms with Gasteiger partial charge >= 0.3 is 0 Å². The number of amides is 2. The minimum Gasteiger partial charge on any atom is -0.354 e. The maximum absolute atomic E-state index is 13.2. The Morgan fingerprint density at radius 1 is 0.931 bits per heavy atom. The second kappa shape index (κ2) is 10.8. The van der Waals surface area contributed by atoms with Gasteiger partial charge in [-0.1, -0.05) is 72.5 Å². The first-order chi connectivity index (χ1) is 13.8. The van der Waals surface area contributed by atoms with E-state index in [0.29, 0.717) is 19.5 Å². The molecule has 1 atom stereocenters. The highest BCUT2D eigenvalue weighted by Gasteiger charge is 2.26. The van der Waals surface area contributed by atoms with E-state index in [9.17, 15) is 9.59 Å². The zero-order valence-electron chi connectivity index (χ0n) is 18.4. The molecule has 0 aliphatic rings. The van der Waals surface area contributed by atoms with Gasteiger partial charge in [0.15, 0.2) is 0 Å². The van der Waals surface area contributed by atoms with Crippen molar-refractivity contribution in [3.8, 4) is 0 Å². The zero-order valence-corrected chi connectivity index (χ0v) is 18.4. The normalized spacial score (nSPS) is 11.8. The quantitative estimate of drug-likeness (QED) is 0.637. The number of benzene rings is 2. The van der Waals surface area contributed by atoms with Crippen LogP contribution in [0.5, 0.6) is 0 Å². The Labute approximate surface area is 175 Å². The first-order valence-electron chi connectivity index (χ1n) is 10.5. The molecular formula is C25H34N2O2. The van der Waals surface area contributed by atoms with Crippen molar-refractivity contribution in [2.75, 3.05) is 6.54 Å². The minimum atomic E-state index is -0.522. The molecule has 2 rings (SSSR count). The Morgan fingerprint density at radius 2 is 1.55 bits per heavy atom. The lowest BCUT2D eigenvalue weighted by Crippen LogP contribution is -2.48. The monoisotopic (exact) mass is 394 g/mol. The third-order valence-electron chi connectivity index (χ3n) is 5.11. The van der Waals surface area contributed by atoms with Crippen molar-refractivity contribution in [3.63, 3.8) is 0 Å². The molecule has 2 aromatic carbocycles. The van der Waals surface area contributed by atoms with Crippen molar-refractivity contribution in [2.24, 2.45) is 0 Å². The summed E-state index contributed by atoms with van der Waals surface area (Å²) in [6.45, 7) is 11.1. The van der Waals surface area contributed by atoms with Crippen molar-refractivity contribution in [2.45, 2.75) is 66.5 Å². The molecule has 1 unspecified atom stereocenters. The van der Waals surface area contributed by atoms with Crippen molar-refractivity contribution >= 4 is 11.8 Å². The number of carbonyl (C=O) groups excluding carboxylic acids is 2. The summed E-state index contributed by atoms with van der Waals surface area (Å²) < 4.78 is 0. The highest BCUT2D eigenvalue weighted by Crippen LogP contribution is 2.15. The van der Waals surface area contributed by atoms with Gasteiger partial charge in [0.25, 0.3) is 0 Å². The number of nitrogens with one attached hydrogen (secondary N) is 1. The van der Waals surface area contributed by atoms with Crippen molar-refractivity contribution in [3.05, 3.63) is 70.3 Å². The standard InChI is InChI=1S/C25H34N2O2/c1-6-7-12-26-25(29)21(5)27(17-22-10-8-18(2)9-11-22)24(28)16-23-14-19(3)13-20(4)15-23/h8-11,13-15,21H,6-7,12,16-17H2,1-5H3,(H,26,29). The molecule has 0 saturated heterocycles. The maximum Gasteiger partial charge on any atom is 0.242 e. The van der Waals surface area contributed by atoms with Crippen LogP contribution in [0.1, 0.15) is 54.5 Å². The van der Waals surface area contributed by atoms with Gasteiger partial charge in [0, 0.05) is 13.1 Å². The summed E-state index contributed by atoms with van der Waals surface area (Å²) in [5.41, 5.74) is 5.47. The van der Waals surface area contributed by atoms with Crippen LogP contribution >= 0.6 is 0 Å². The Morgan fingerprint density at radius 3 is 2.14 bits per heavy atom. The highest BCUT2D eigenvalue weighted by atomic mass is 16.2.